The summed E-state index contributed by atoms with van der Waals surface area (Å²) in [7, 11) is 12.6. The van der Waals surface area contributed by atoms with Crippen LogP contribution in [0.3, 0.4) is 0 Å². The van der Waals surface area contributed by atoms with Gasteiger partial charge in [0.05, 0.1) is 37.6 Å². The van der Waals surface area contributed by atoms with Crippen molar-refractivity contribution in [2.24, 2.45) is 46.8 Å². The maximum atomic E-state index is 15.8. The van der Waals surface area contributed by atoms with Gasteiger partial charge < -0.3 is 69.5 Å². The lowest BCUT2D eigenvalue weighted by Gasteiger charge is -2.54. The van der Waals surface area contributed by atoms with Gasteiger partial charge in [0.2, 0.25) is 70.9 Å². The summed E-state index contributed by atoms with van der Waals surface area (Å²) in [6, 6.07) is -10.5. The molecule has 0 radical (unpaired) electrons. The Morgan fingerprint density at radius 2 is 1.34 bits per heavy atom. The minimum Gasteiger partial charge on any atom is -0.381 e. The largest absolute Gasteiger partial charge is 0.394 e. The van der Waals surface area contributed by atoms with Crippen molar-refractivity contribution in [1.82, 2.24) is 60.0 Å². The van der Waals surface area contributed by atoms with E-state index in [1.165, 1.54) is 97.8 Å². The van der Waals surface area contributed by atoms with Crippen LogP contribution in [0.25, 0.3) is 0 Å². The average molecular weight is 1530 g/mol. The quantitative estimate of drug-likeness (QED) is 0.130. The van der Waals surface area contributed by atoms with E-state index in [0.717, 1.165) is 9.80 Å². The number of fused-ring (bicyclic) bond motifs is 3. The molecular weight excluding hydrogens is 1400 g/mol. The highest BCUT2D eigenvalue weighted by Gasteiger charge is 2.60. The van der Waals surface area contributed by atoms with Gasteiger partial charge in [0.25, 0.3) is 0 Å². The van der Waals surface area contributed by atoms with Gasteiger partial charge in [-0.05, 0) is 151 Å². The fraction of sp³-hybridized carbons (Fsp3) is 0.821. The average Bonchev–Trinajstić information content (AvgIpc) is 0.996. The summed E-state index contributed by atoms with van der Waals surface area (Å²) >= 11 is 0. The summed E-state index contributed by atoms with van der Waals surface area (Å²) < 4.78 is 70.3. The Morgan fingerprint density at radius 1 is 0.694 bits per heavy atom. The number of nitrogens with zero attached hydrogens (tertiary/aromatic N) is 9. The topological polar surface area (TPSA) is 289 Å². The fourth-order valence-electron chi connectivity index (χ4n) is 18.0. The van der Waals surface area contributed by atoms with E-state index < -0.39 is 204 Å². The molecule has 3 heterocycles. The molecule has 6 unspecified atom stereocenters. The number of ether oxygens (including phenoxy) is 2. The molecule has 1 spiro atoms. The van der Waals surface area contributed by atoms with Gasteiger partial charge in [-0.3, -0.25) is 57.5 Å². The molecule has 7 rings (SSSR count). The summed E-state index contributed by atoms with van der Waals surface area (Å²) in [6.45, 7) is 13.3. The molecule has 0 aromatic heterocycles. The van der Waals surface area contributed by atoms with Crippen LogP contribution in [-0.2, 0) is 67.0 Å². The Hall–Kier alpha value is -6.98. The number of nitrogens with one attached hydrogen (secondary N) is 3. The van der Waals surface area contributed by atoms with Crippen LogP contribution < -0.4 is 16.0 Å². The van der Waals surface area contributed by atoms with Gasteiger partial charge in [0.15, 0.2) is 0 Å². The smallest absolute Gasteiger partial charge is 0.381 e. The zero-order chi connectivity index (χ0) is 80.4. The second kappa shape index (κ2) is 37.8. The SMILES string of the molecule is CCO[C@@H]1C[C@H]2C(=O)NC3(CC(C)(C)C3)C(=O)N(C)[C@@H](C3CCCC3)C(=O)N(C)[C@H](C(=O)N(C)C)CC(=O)N(C)[C@@H](CC(C)C)C(=O)N[C@@H]([C@@H](C)CC)C(=O)N(C)CC(=O)N(C)[C@H]3C/C=C\CCN(C3=O)[C@@H](CC3CCC(C)C(F)C3)C(=O)N(C)CC(=O)N[C@@H](CCC3CCC(C(F)(F)F)C(OC)C3)C(=O)N2C1. The first-order valence-corrected chi connectivity index (χ1v) is 39.4. The monoisotopic (exact) mass is 1530 g/mol. The molecule has 26 nitrogen and oxygen atoms in total. The van der Waals surface area contributed by atoms with Gasteiger partial charge in [-0.1, -0.05) is 79.9 Å². The van der Waals surface area contributed by atoms with Crippen LogP contribution in [0, 0.1) is 46.8 Å². The Morgan fingerprint density at radius 3 is 1.94 bits per heavy atom. The van der Waals surface area contributed by atoms with Crippen molar-refractivity contribution in [2.75, 3.05) is 96.3 Å². The van der Waals surface area contributed by atoms with Crippen LogP contribution in [0.4, 0.5) is 17.6 Å². The minimum absolute atomic E-state index is 0.0139. The molecule has 12 amide bonds. The highest BCUT2D eigenvalue weighted by molar-refractivity contribution is 6.01. The summed E-state index contributed by atoms with van der Waals surface area (Å²) in [5.74, 6) is -12.3. The van der Waals surface area contributed by atoms with Gasteiger partial charge in [0.1, 0.15) is 60.0 Å². The Balaban J connectivity index is 1.34. The van der Waals surface area contributed by atoms with Crippen molar-refractivity contribution < 1.29 is 84.6 Å². The van der Waals surface area contributed by atoms with Crippen molar-refractivity contribution in [3.05, 3.63) is 12.2 Å². The van der Waals surface area contributed by atoms with Gasteiger partial charge in [0, 0.05) is 89.6 Å². The number of hydrogen-bond donors (Lipinski definition) is 3. The summed E-state index contributed by atoms with van der Waals surface area (Å²) in [5, 5.41) is 8.83. The van der Waals surface area contributed by atoms with Crippen molar-refractivity contribution >= 4 is 70.9 Å². The molecule has 6 fully saturated rings. The number of rotatable bonds is 14. The van der Waals surface area contributed by atoms with Crippen molar-refractivity contribution in [1.29, 1.82) is 0 Å². The molecule has 2 saturated heterocycles. The molecule has 0 aromatic rings. The molecule has 30 heteroatoms. The van der Waals surface area contributed by atoms with E-state index in [1.54, 1.807) is 26.8 Å². The fourth-order valence-corrected chi connectivity index (χ4v) is 18.0. The molecule has 108 heavy (non-hydrogen) atoms. The molecule has 0 aromatic carbocycles. The Bertz CT molecular complexity index is 3230. The van der Waals surface area contributed by atoms with E-state index in [-0.39, 0.29) is 115 Å². The second-order valence-corrected chi connectivity index (χ2v) is 33.9. The summed E-state index contributed by atoms with van der Waals surface area (Å²) in [6.07, 6.45) is -0.554. The van der Waals surface area contributed by atoms with E-state index in [9.17, 15) is 41.9 Å². The van der Waals surface area contributed by atoms with Crippen LogP contribution in [0.15, 0.2) is 12.2 Å². The first-order valence-electron chi connectivity index (χ1n) is 39.4. The first-order chi connectivity index (χ1) is 50.6. The molecule has 2 bridgehead atoms. The van der Waals surface area contributed by atoms with E-state index in [2.05, 4.69) is 16.0 Å². The van der Waals surface area contributed by atoms with Crippen LogP contribution in [0.5, 0.6) is 0 Å². The first kappa shape index (κ1) is 88.2. The molecule has 4 saturated carbocycles. The molecular formula is C78H126F4N12O14. The second-order valence-electron chi connectivity index (χ2n) is 33.9. The van der Waals surface area contributed by atoms with Crippen LogP contribution in [-0.4, -0.2) is 290 Å². The zero-order valence-corrected chi connectivity index (χ0v) is 67.2. The van der Waals surface area contributed by atoms with E-state index in [4.69, 9.17) is 9.47 Å². The van der Waals surface area contributed by atoms with Crippen molar-refractivity contribution in [3.8, 4) is 0 Å². The number of alkyl halides is 4. The molecule has 610 valence electrons. The van der Waals surface area contributed by atoms with Crippen LogP contribution >= 0.6 is 0 Å². The molecule has 7 aliphatic rings. The third kappa shape index (κ3) is 21.4. The van der Waals surface area contributed by atoms with E-state index in [0.29, 0.717) is 44.9 Å². The number of carbonyl (C=O) groups is 12. The van der Waals surface area contributed by atoms with Crippen molar-refractivity contribution in [3.63, 3.8) is 0 Å². The van der Waals surface area contributed by atoms with Gasteiger partial charge in [-0.25, -0.2) is 4.39 Å². The molecule has 16 atom stereocenters. The van der Waals surface area contributed by atoms with Crippen LogP contribution in [0.2, 0.25) is 0 Å². The maximum absolute atomic E-state index is 15.8. The van der Waals surface area contributed by atoms with E-state index >= 15 is 33.2 Å². The lowest BCUT2D eigenvalue weighted by atomic mass is 9.58. The molecule has 3 aliphatic heterocycles. The van der Waals surface area contributed by atoms with Gasteiger partial charge >= 0.3 is 6.18 Å². The standard InChI is InChI=1S/C78H126F4N12O14/c1-18-47(5)65-73(104)88(12)43-64(97)89(13)56-27-21-20-24-34-93(72(56)103)60(37-50-29-28-48(6)54(79)36-50)71(102)87(11)42-62(95)83-55(33-31-49-30-32-53(78(80,81)82)61(38-49)107-17)69(100)94-41-52(108-19-2)39-58(94)68(99)85-77(44-76(7,8)45-77)75(106)92(16)66(51-25-22-23-26-51)74(105)91(15)59(70(101)86(9)10)40-63(96)90(14)57(35-46(3)4)67(98)84-65/h20-21,46-61,65-66H,18-19,22-45H2,1-17H3,(H,83,95)(H,84,98)(H,85,99)/b21-20-/t47-,48?,49?,50?,52+,53?,54?,55-,56-,57-,58-,59-,60-,61?,65-,66-/m0/s1. The number of hydrogen-bond acceptors (Lipinski definition) is 14. The number of methoxy groups -OCH3 is 1. The number of halogens is 4. The lowest BCUT2D eigenvalue weighted by Crippen LogP contribution is -2.71. The number of likely N-dealkylation sites (N-methyl/N-ethyl adjacent to an activating group) is 7. The maximum Gasteiger partial charge on any atom is 0.394 e. The number of carbonyl (C=O) groups excluding carboxylic acids is 12. The lowest BCUT2D eigenvalue weighted by molar-refractivity contribution is -0.215. The normalized spacial score (nSPS) is 32.3. The predicted molar refractivity (Wildman–Crippen MR) is 396 cm³/mol. The third-order valence-corrected chi connectivity index (χ3v) is 24.5. The Labute approximate surface area is 636 Å². The highest BCUT2D eigenvalue weighted by atomic mass is 19.4. The van der Waals surface area contributed by atoms with Gasteiger partial charge in [-0.2, -0.15) is 13.2 Å². The summed E-state index contributed by atoms with van der Waals surface area (Å²) in [5.41, 5.74) is -2.21. The van der Waals surface area contributed by atoms with E-state index in [1.807, 2.05) is 40.7 Å². The van der Waals surface area contributed by atoms with Gasteiger partial charge in [-0.15, -0.1) is 0 Å². The third-order valence-electron chi connectivity index (χ3n) is 24.5. The van der Waals surface area contributed by atoms with Crippen LogP contribution in [0.1, 0.15) is 190 Å². The minimum atomic E-state index is -4.54. The highest BCUT2D eigenvalue weighted by Crippen LogP contribution is 2.50. The van der Waals surface area contributed by atoms with Crippen molar-refractivity contribution in [2.45, 2.75) is 269 Å². The molecule has 3 N–H and O–H groups in total. The predicted octanol–water partition coefficient (Wildman–Crippen LogP) is 6.12. The zero-order valence-electron chi connectivity index (χ0n) is 67.2. The number of amides is 12. The Kier molecular flexibility index (Phi) is 30.9. The molecule has 4 aliphatic carbocycles. The summed E-state index contributed by atoms with van der Waals surface area (Å²) in [4.78, 5) is 194.